The maximum Gasteiger partial charge on any atom is 0.317 e. The Morgan fingerprint density at radius 1 is 1.00 bits per heavy atom. The predicted octanol–water partition coefficient (Wildman–Crippen LogP) is 4.86. The van der Waals surface area contributed by atoms with Gasteiger partial charge in [0.15, 0.2) is 6.61 Å². The van der Waals surface area contributed by atoms with E-state index in [1.165, 1.54) is 12.1 Å². The molecule has 1 fully saturated rings. The number of hydrogen-bond acceptors (Lipinski definition) is 3. The Kier molecular flexibility index (Phi) is 5.23. The lowest BCUT2D eigenvalue weighted by molar-refractivity contribution is -0.150. The van der Waals surface area contributed by atoms with Gasteiger partial charge in [0, 0.05) is 0 Å². The largest absolute Gasteiger partial charge is 0.455 e. The van der Waals surface area contributed by atoms with Gasteiger partial charge in [-0.25, -0.2) is 0 Å². The van der Waals surface area contributed by atoms with Crippen molar-refractivity contribution in [2.24, 2.45) is 0 Å². The van der Waals surface area contributed by atoms with E-state index in [0.717, 1.165) is 18.4 Å². The molecule has 0 radical (unpaired) electrons. The summed E-state index contributed by atoms with van der Waals surface area (Å²) in [6.07, 6.45) is 1.44. The minimum absolute atomic E-state index is 0.247. The van der Waals surface area contributed by atoms with Gasteiger partial charge >= 0.3 is 5.97 Å². The Hall–Kier alpha value is -1.75. The van der Waals surface area contributed by atoms with Crippen molar-refractivity contribution in [1.29, 1.82) is 0 Å². The summed E-state index contributed by atoms with van der Waals surface area (Å²) in [5, 5.41) is 3.35. The number of nitrogens with one attached hydrogen (secondary N) is 1. The van der Waals surface area contributed by atoms with Crippen LogP contribution in [-0.4, -0.2) is 18.5 Å². The fourth-order valence-electron chi connectivity index (χ4n) is 2.57. The van der Waals surface area contributed by atoms with Crippen LogP contribution in [0.2, 0.25) is 15.1 Å². The molecule has 0 aromatic heterocycles. The van der Waals surface area contributed by atoms with Gasteiger partial charge in [0.25, 0.3) is 5.91 Å². The molecule has 1 saturated carbocycles. The molecule has 0 aliphatic heterocycles. The van der Waals surface area contributed by atoms with Gasteiger partial charge in [-0.2, -0.15) is 0 Å². The molecule has 0 atom stereocenters. The van der Waals surface area contributed by atoms with E-state index in [2.05, 4.69) is 5.32 Å². The highest BCUT2D eigenvalue weighted by molar-refractivity contribution is 6.44. The highest BCUT2D eigenvalue weighted by atomic mass is 35.5. The minimum atomic E-state index is -0.622. The molecule has 1 aliphatic rings. The molecule has 1 aliphatic carbocycles. The summed E-state index contributed by atoms with van der Waals surface area (Å²) in [5.74, 6) is -0.897. The van der Waals surface area contributed by atoms with Crippen LogP contribution in [-0.2, 0) is 19.7 Å². The standard InChI is InChI=1S/C18H14Cl3NO3/c19-12-8-14(21)15(9-13(12)20)22-16(23)10-25-17(24)18(6-7-18)11-4-2-1-3-5-11/h1-5,8-9H,6-7,10H2,(H,22,23). The van der Waals surface area contributed by atoms with Crippen molar-refractivity contribution < 1.29 is 14.3 Å². The van der Waals surface area contributed by atoms with Crippen molar-refractivity contribution in [3.05, 3.63) is 63.1 Å². The van der Waals surface area contributed by atoms with Crippen molar-refractivity contribution in [2.45, 2.75) is 18.3 Å². The first-order chi connectivity index (χ1) is 11.9. The first-order valence-electron chi connectivity index (χ1n) is 7.59. The number of anilines is 1. The topological polar surface area (TPSA) is 55.4 Å². The van der Waals surface area contributed by atoms with Crippen LogP contribution in [0.15, 0.2) is 42.5 Å². The zero-order chi connectivity index (χ0) is 18.0. The molecular formula is C18H14Cl3NO3. The monoisotopic (exact) mass is 397 g/mol. The fraction of sp³-hybridized carbons (Fsp3) is 0.222. The number of esters is 1. The van der Waals surface area contributed by atoms with E-state index in [9.17, 15) is 9.59 Å². The van der Waals surface area contributed by atoms with Crippen LogP contribution in [0.25, 0.3) is 0 Å². The van der Waals surface area contributed by atoms with Gasteiger partial charge in [0.1, 0.15) is 0 Å². The summed E-state index contributed by atoms with van der Waals surface area (Å²) >= 11 is 17.8. The third kappa shape index (κ3) is 3.92. The molecular weight excluding hydrogens is 385 g/mol. The van der Waals surface area contributed by atoms with E-state index in [0.29, 0.717) is 5.69 Å². The van der Waals surface area contributed by atoms with Crippen LogP contribution in [0.3, 0.4) is 0 Å². The second-order valence-corrected chi connectivity index (χ2v) is 7.04. The average Bonchev–Trinajstić information content (AvgIpc) is 3.40. The Bertz CT molecular complexity index is 820. The molecule has 0 bridgehead atoms. The molecule has 1 N–H and O–H groups in total. The van der Waals surface area contributed by atoms with Gasteiger partial charge in [-0.05, 0) is 30.5 Å². The van der Waals surface area contributed by atoms with Crippen LogP contribution in [0.5, 0.6) is 0 Å². The zero-order valence-electron chi connectivity index (χ0n) is 13.0. The average molecular weight is 399 g/mol. The van der Waals surface area contributed by atoms with Gasteiger partial charge in [-0.15, -0.1) is 0 Å². The van der Waals surface area contributed by atoms with Gasteiger partial charge in [-0.1, -0.05) is 65.1 Å². The molecule has 3 rings (SSSR count). The van der Waals surface area contributed by atoms with E-state index in [4.69, 9.17) is 39.5 Å². The van der Waals surface area contributed by atoms with Crippen LogP contribution >= 0.6 is 34.8 Å². The Morgan fingerprint density at radius 2 is 1.64 bits per heavy atom. The maximum atomic E-state index is 12.4. The maximum absolute atomic E-state index is 12.4. The summed E-state index contributed by atoms with van der Waals surface area (Å²) in [5.41, 5.74) is 0.595. The quantitative estimate of drug-likeness (QED) is 0.578. The smallest absolute Gasteiger partial charge is 0.317 e. The van der Waals surface area contributed by atoms with Crippen molar-refractivity contribution >= 4 is 52.4 Å². The van der Waals surface area contributed by atoms with Gasteiger partial charge < -0.3 is 10.1 Å². The lowest BCUT2D eigenvalue weighted by Gasteiger charge is -2.15. The van der Waals surface area contributed by atoms with E-state index in [1.54, 1.807) is 0 Å². The first-order valence-corrected chi connectivity index (χ1v) is 8.73. The molecule has 25 heavy (non-hydrogen) atoms. The fourth-order valence-corrected chi connectivity index (χ4v) is 3.16. The molecule has 7 heteroatoms. The normalized spacial score (nSPS) is 14.7. The molecule has 0 heterocycles. The molecule has 4 nitrogen and oxygen atoms in total. The number of benzene rings is 2. The van der Waals surface area contributed by atoms with E-state index in [1.807, 2.05) is 30.3 Å². The summed E-state index contributed by atoms with van der Waals surface area (Å²) in [4.78, 5) is 24.4. The Balaban J connectivity index is 1.60. The van der Waals surface area contributed by atoms with Crippen LogP contribution in [0.1, 0.15) is 18.4 Å². The molecule has 2 aromatic carbocycles. The zero-order valence-corrected chi connectivity index (χ0v) is 15.3. The molecule has 0 saturated heterocycles. The Labute approximate surface area is 160 Å². The van der Waals surface area contributed by atoms with Crippen LogP contribution in [0, 0.1) is 0 Å². The number of halogens is 3. The lowest BCUT2D eigenvalue weighted by Crippen LogP contribution is -2.28. The number of ether oxygens (including phenoxy) is 1. The minimum Gasteiger partial charge on any atom is -0.455 e. The second-order valence-electron chi connectivity index (χ2n) is 5.82. The van der Waals surface area contributed by atoms with Crippen molar-refractivity contribution in [1.82, 2.24) is 0 Å². The predicted molar refractivity (Wildman–Crippen MR) is 98.4 cm³/mol. The second kappa shape index (κ2) is 7.24. The highest BCUT2D eigenvalue weighted by Crippen LogP contribution is 2.49. The van der Waals surface area contributed by atoms with Crippen LogP contribution in [0.4, 0.5) is 5.69 Å². The number of hydrogen-bond donors (Lipinski definition) is 1. The third-order valence-corrected chi connectivity index (χ3v) is 5.12. The van der Waals surface area contributed by atoms with Gasteiger partial charge in [-0.3, -0.25) is 9.59 Å². The molecule has 130 valence electrons. The lowest BCUT2D eigenvalue weighted by atomic mass is 9.96. The number of amides is 1. The highest BCUT2D eigenvalue weighted by Gasteiger charge is 2.52. The SMILES string of the molecule is O=C(COC(=O)C1(c2ccccc2)CC1)Nc1cc(Cl)c(Cl)cc1Cl. The van der Waals surface area contributed by atoms with Crippen LogP contribution < -0.4 is 5.32 Å². The third-order valence-electron chi connectivity index (χ3n) is 4.09. The number of carbonyl (C=O) groups is 2. The molecule has 0 spiro atoms. The van der Waals surface area contributed by atoms with Crippen molar-refractivity contribution in [2.75, 3.05) is 11.9 Å². The summed E-state index contributed by atoms with van der Waals surface area (Å²) < 4.78 is 5.20. The number of rotatable bonds is 5. The van der Waals surface area contributed by atoms with E-state index in [-0.39, 0.29) is 15.1 Å². The molecule has 1 amide bonds. The molecule has 0 unspecified atom stereocenters. The summed E-state index contributed by atoms with van der Waals surface area (Å²) in [7, 11) is 0. The van der Waals surface area contributed by atoms with Crippen molar-refractivity contribution in [3.63, 3.8) is 0 Å². The summed E-state index contributed by atoms with van der Waals surface area (Å²) in [6, 6.07) is 12.3. The van der Waals surface area contributed by atoms with Gasteiger partial charge in [0.2, 0.25) is 0 Å². The van der Waals surface area contributed by atoms with E-state index >= 15 is 0 Å². The molecule has 2 aromatic rings. The van der Waals surface area contributed by atoms with Gasteiger partial charge in [0.05, 0.1) is 26.2 Å². The van der Waals surface area contributed by atoms with Crippen molar-refractivity contribution in [3.8, 4) is 0 Å². The summed E-state index contributed by atoms with van der Waals surface area (Å²) in [6.45, 7) is -0.399. The number of carbonyl (C=O) groups excluding carboxylic acids is 2. The Morgan fingerprint density at radius 3 is 2.28 bits per heavy atom. The first kappa shape index (κ1) is 18.1. The van der Waals surface area contributed by atoms with E-state index < -0.39 is 23.9 Å².